The Morgan fingerprint density at radius 1 is 1.15 bits per heavy atom. The van der Waals surface area contributed by atoms with Gasteiger partial charge in [0, 0.05) is 11.1 Å². The van der Waals surface area contributed by atoms with E-state index in [0.717, 1.165) is 23.6 Å². The van der Waals surface area contributed by atoms with E-state index in [-0.39, 0.29) is 5.82 Å². The van der Waals surface area contributed by atoms with Gasteiger partial charge in [-0.2, -0.15) is 0 Å². The first kappa shape index (κ1) is 13.4. The van der Waals surface area contributed by atoms with Crippen LogP contribution in [0, 0.1) is 5.82 Å². The molecule has 3 heteroatoms. The molecule has 0 radical (unpaired) electrons. The lowest BCUT2D eigenvalue weighted by Gasteiger charge is -2.42. The van der Waals surface area contributed by atoms with Crippen molar-refractivity contribution in [2.75, 3.05) is 0 Å². The van der Waals surface area contributed by atoms with Crippen LogP contribution in [0.15, 0.2) is 40.8 Å². The molecule has 1 aliphatic rings. The SMILES string of the molecule is CCC1(NCc2ccc(-c3ccc(F)cc3)o2)CCC1. The van der Waals surface area contributed by atoms with E-state index in [1.165, 1.54) is 37.8 Å². The van der Waals surface area contributed by atoms with E-state index in [1.807, 2.05) is 12.1 Å². The highest BCUT2D eigenvalue weighted by atomic mass is 19.1. The molecule has 0 saturated heterocycles. The summed E-state index contributed by atoms with van der Waals surface area (Å²) >= 11 is 0. The van der Waals surface area contributed by atoms with Crippen LogP contribution in [0.4, 0.5) is 4.39 Å². The minimum Gasteiger partial charge on any atom is -0.460 e. The van der Waals surface area contributed by atoms with Gasteiger partial charge in [-0.25, -0.2) is 4.39 Å². The third-order valence-corrected chi connectivity index (χ3v) is 4.42. The van der Waals surface area contributed by atoms with E-state index >= 15 is 0 Å². The lowest BCUT2D eigenvalue weighted by atomic mass is 9.75. The maximum atomic E-state index is 12.9. The van der Waals surface area contributed by atoms with Crippen LogP contribution in [0.5, 0.6) is 0 Å². The minimum atomic E-state index is -0.225. The quantitative estimate of drug-likeness (QED) is 0.867. The van der Waals surface area contributed by atoms with Gasteiger partial charge in [0.1, 0.15) is 17.3 Å². The molecule has 20 heavy (non-hydrogen) atoms. The second kappa shape index (κ2) is 5.41. The summed E-state index contributed by atoms with van der Waals surface area (Å²) in [7, 11) is 0. The first-order chi connectivity index (χ1) is 9.71. The molecule has 1 aliphatic carbocycles. The molecule has 1 N–H and O–H groups in total. The number of hydrogen-bond acceptors (Lipinski definition) is 2. The molecule has 0 atom stereocenters. The number of nitrogens with one attached hydrogen (secondary N) is 1. The van der Waals surface area contributed by atoms with Crippen LogP contribution in [0.1, 0.15) is 38.4 Å². The average Bonchev–Trinajstić information content (AvgIpc) is 2.88. The second-order valence-corrected chi connectivity index (χ2v) is 5.61. The van der Waals surface area contributed by atoms with Gasteiger partial charge in [0.2, 0.25) is 0 Å². The Kier molecular flexibility index (Phi) is 3.62. The number of benzene rings is 1. The average molecular weight is 273 g/mol. The van der Waals surface area contributed by atoms with E-state index < -0.39 is 0 Å². The van der Waals surface area contributed by atoms with Crippen molar-refractivity contribution >= 4 is 0 Å². The molecule has 0 aliphatic heterocycles. The summed E-state index contributed by atoms with van der Waals surface area (Å²) in [6, 6.07) is 10.3. The van der Waals surface area contributed by atoms with Crippen molar-refractivity contribution in [3.63, 3.8) is 0 Å². The van der Waals surface area contributed by atoms with Gasteiger partial charge in [-0.3, -0.25) is 0 Å². The summed E-state index contributed by atoms with van der Waals surface area (Å²) in [5.41, 5.74) is 1.23. The molecular weight excluding hydrogens is 253 g/mol. The summed E-state index contributed by atoms with van der Waals surface area (Å²) < 4.78 is 18.7. The summed E-state index contributed by atoms with van der Waals surface area (Å²) in [6.45, 7) is 2.99. The lowest BCUT2D eigenvalue weighted by molar-refractivity contribution is 0.171. The van der Waals surface area contributed by atoms with Gasteiger partial charge >= 0.3 is 0 Å². The zero-order chi connectivity index (χ0) is 14.0. The van der Waals surface area contributed by atoms with E-state index in [2.05, 4.69) is 12.2 Å². The van der Waals surface area contributed by atoms with Crippen LogP contribution >= 0.6 is 0 Å². The summed E-state index contributed by atoms with van der Waals surface area (Å²) in [5, 5.41) is 3.62. The Hall–Kier alpha value is -1.61. The summed E-state index contributed by atoms with van der Waals surface area (Å²) in [5.74, 6) is 1.50. The van der Waals surface area contributed by atoms with Crippen LogP contribution in [-0.2, 0) is 6.54 Å². The highest BCUT2D eigenvalue weighted by Crippen LogP contribution is 2.35. The van der Waals surface area contributed by atoms with E-state index in [1.54, 1.807) is 12.1 Å². The van der Waals surface area contributed by atoms with Crippen LogP contribution < -0.4 is 5.32 Å². The maximum absolute atomic E-state index is 12.9. The third kappa shape index (κ3) is 2.63. The van der Waals surface area contributed by atoms with Crippen molar-refractivity contribution in [1.29, 1.82) is 0 Å². The monoisotopic (exact) mass is 273 g/mol. The molecule has 0 spiro atoms. The van der Waals surface area contributed by atoms with Gasteiger partial charge in [-0.05, 0) is 62.1 Å². The van der Waals surface area contributed by atoms with Gasteiger partial charge in [-0.15, -0.1) is 0 Å². The smallest absolute Gasteiger partial charge is 0.134 e. The van der Waals surface area contributed by atoms with E-state index in [9.17, 15) is 4.39 Å². The van der Waals surface area contributed by atoms with Crippen molar-refractivity contribution in [1.82, 2.24) is 5.32 Å². The Morgan fingerprint density at radius 3 is 2.50 bits per heavy atom. The highest BCUT2D eigenvalue weighted by Gasteiger charge is 2.34. The molecule has 0 bridgehead atoms. The predicted octanol–water partition coefficient (Wildman–Crippen LogP) is 4.51. The first-order valence-electron chi connectivity index (χ1n) is 7.30. The van der Waals surface area contributed by atoms with Crippen LogP contribution in [0.25, 0.3) is 11.3 Å². The fourth-order valence-corrected chi connectivity index (χ4v) is 2.78. The second-order valence-electron chi connectivity index (χ2n) is 5.61. The van der Waals surface area contributed by atoms with Crippen molar-refractivity contribution < 1.29 is 8.81 Å². The third-order valence-electron chi connectivity index (χ3n) is 4.42. The molecule has 1 saturated carbocycles. The van der Waals surface area contributed by atoms with Gasteiger partial charge in [0.05, 0.1) is 6.54 Å². The van der Waals surface area contributed by atoms with Crippen molar-refractivity contribution in [3.8, 4) is 11.3 Å². The molecule has 1 fully saturated rings. The lowest BCUT2D eigenvalue weighted by Crippen LogP contribution is -2.49. The predicted molar refractivity (Wildman–Crippen MR) is 77.8 cm³/mol. The molecule has 2 nitrogen and oxygen atoms in total. The maximum Gasteiger partial charge on any atom is 0.134 e. The van der Waals surface area contributed by atoms with Gasteiger partial charge in [0.25, 0.3) is 0 Å². The fraction of sp³-hybridized carbons (Fsp3) is 0.412. The topological polar surface area (TPSA) is 25.2 Å². The zero-order valence-corrected chi connectivity index (χ0v) is 11.8. The Labute approximate surface area is 119 Å². The molecule has 2 aromatic rings. The molecule has 3 rings (SSSR count). The molecule has 0 unspecified atom stereocenters. The molecule has 1 aromatic carbocycles. The summed E-state index contributed by atoms with van der Waals surface area (Å²) in [6.07, 6.45) is 5.00. The van der Waals surface area contributed by atoms with E-state index in [0.29, 0.717) is 5.54 Å². The molecular formula is C17H20FNO. The minimum absolute atomic E-state index is 0.225. The largest absolute Gasteiger partial charge is 0.460 e. The van der Waals surface area contributed by atoms with Crippen LogP contribution in [0.2, 0.25) is 0 Å². The molecule has 1 aromatic heterocycles. The standard InChI is InChI=1S/C17H20FNO/c1-2-17(10-3-11-17)19-12-15-8-9-16(20-15)13-4-6-14(18)7-5-13/h4-9,19H,2-3,10-12H2,1H3. The first-order valence-corrected chi connectivity index (χ1v) is 7.30. The van der Waals surface area contributed by atoms with Crippen molar-refractivity contribution in [3.05, 3.63) is 48.0 Å². The fourth-order valence-electron chi connectivity index (χ4n) is 2.78. The molecule has 1 heterocycles. The van der Waals surface area contributed by atoms with Crippen molar-refractivity contribution in [2.24, 2.45) is 0 Å². The Bertz CT molecular complexity index is 563. The van der Waals surface area contributed by atoms with Gasteiger partial charge in [-0.1, -0.05) is 6.92 Å². The number of rotatable bonds is 5. The highest BCUT2D eigenvalue weighted by molar-refractivity contribution is 5.57. The zero-order valence-electron chi connectivity index (χ0n) is 11.8. The molecule has 0 amide bonds. The van der Waals surface area contributed by atoms with Gasteiger partial charge in [0.15, 0.2) is 0 Å². The number of furan rings is 1. The normalized spacial score (nSPS) is 16.9. The Balaban J connectivity index is 1.66. The molecule has 106 valence electrons. The number of halogens is 1. The van der Waals surface area contributed by atoms with E-state index in [4.69, 9.17) is 4.42 Å². The van der Waals surface area contributed by atoms with Crippen LogP contribution in [-0.4, -0.2) is 5.54 Å². The van der Waals surface area contributed by atoms with Crippen LogP contribution in [0.3, 0.4) is 0 Å². The number of hydrogen-bond donors (Lipinski definition) is 1. The summed E-state index contributed by atoms with van der Waals surface area (Å²) in [4.78, 5) is 0. The Morgan fingerprint density at radius 2 is 1.90 bits per heavy atom. The van der Waals surface area contributed by atoms with Crippen molar-refractivity contribution in [2.45, 2.75) is 44.7 Å². The van der Waals surface area contributed by atoms with Gasteiger partial charge < -0.3 is 9.73 Å².